The Bertz CT molecular complexity index is 1040. The Morgan fingerprint density at radius 2 is 1.79 bits per heavy atom. The summed E-state index contributed by atoms with van der Waals surface area (Å²) in [6, 6.07) is 10.3. The number of fused-ring (bicyclic) bond motifs is 7. The van der Waals surface area contributed by atoms with Crippen molar-refractivity contribution in [2.75, 3.05) is 5.32 Å². The van der Waals surface area contributed by atoms with Gasteiger partial charge in [0.25, 0.3) is 0 Å². The number of carbonyl (C=O) groups is 3. The summed E-state index contributed by atoms with van der Waals surface area (Å²) in [5.41, 5.74) is 3.11. The third kappa shape index (κ3) is 2.34. The number of carbonyl (C=O) groups excluding carboxylic acids is 3. The number of nitrogens with one attached hydrogen (secondary N) is 1. The lowest BCUT2D eigenvalue weighted by Gasteiger charge is -2.45. The van der Waals surface area contributed by atoms with Crippen molar-refractivity contribution < 1.29 is 23.9 Å². The maximum absolute atomic E-state index is 13.3. The van der Waals surface area contributed by atoms with Crippen LogP contribution in [0.5, 0.6) is 0 Å². The van der Waals surface area contributed by atoms with Gasteiger partial charge in [0, 0.05) is 35.6 Å². The summed E-state index contributed by atoms with van der Waals surface area (Å²) in [7, 11) is 0. The van der Waals surface area contributed by atoms with Crippen molar-refractivity contribution in [2.45, 2.75) is 44.6 Å². The van der Waals surface area contributed by atoms with Crippen molar-refractivity contribution in [3.8, 4) is 0 Å². The zero-order valence-electron chi connectivity index (χ0n) is 15.5. The molecule has 4 unspecified atom stereocenters. The van der Waals surface area contributed by atoms with Gasteiger partial charge in [0.15, 0.2) is 11.6 Å². The second kappa shape index (κ2) is 6.01. The van der Waals surface area contributed by atoms with Gasteiger partial charge in [0.05, 0.1) is 29.5 Å². The fourth-order valence-electron chi connectivity index (χ4n) is 4.61. The Balaban J connectivity index is 1.64. The third-order valence-corrected chi connectivity index (χ3v) is 5.81. The lowest BCUT2D eigenvalue weighted by Crippen LogP contribution is -2.52. The molecule has 6 heteroatoms. The van der Waals surface area contributed by atoms with E-state index in [1.54, 1.807) is 30.3 Å². The van der Waals surface area contributed by atoms with Crippen LogP contribution in [0.1, 0.15) is 63.8 Å². The molecule has 0 radical (unpaired) electrons. The fraction of sp³-hybridized carbons (Fsp3) is 0.318. The van der Waals surface area contributed by atoms with Crippen LogP contribution in [-0.4, -0.2) is 35.8 Å². The first-order valence-electron chi connectivity index (χ1n) is 9.40. The van der Waals surface area contributed by atoms with Gasteiger partial charge in [-0.2, -0.15) is 0 Å². The monoisotopic (exact) mass is 377 g/mol. The van der Waals surface area contributed by atoms with E-state index in [0.717, 1.165) is 5.56 Å². The van der Waals surface area contributed by atoms with Gasteiger partial charge in [-0.05, 0) is 13.0 Å². The molecule has 0 aromatic heterocycles. The minimum absolute atomic E-state index is 0.156. The average molecular weight is 377 g/mol. The first kappa shape index (κ1) is 17.1. The molecule has 2 aliphatic heterocycles. The number of hydrogen-bond donors (Lipinski definition) is 1. The van der Waals surface area contributed by atoms with Crippen molar-refractivity contribution >= 4 is 23.2 Å². The van der Waals surface area contributed by atoms with Crippen LogP contribution in [0.2, 0.25) is 0 Å². The van der Waals surface area contributed by atoms with Crippen LogP contribution in [0.25, 0.3) is 0 Å². The molecule has 3 aliphatic rings. The SMILES string of the molecule is CC(=O)OC1C2CC(OC1C)c1ccc3c(c1N2)C(=O)c1ccccc1C3=O. The van der Waals surface area contributed by atoms with Crippen LogP contribution in [0, 0.1) is 0 Å². The molecule has 2 heterocycles. The average Bonchev–Trinajstić information content (AvgIpc) is 2.68. The molecule has 5 rings (SSSR count). The summed E-state index contributed by atoms with van der Waals surface area (Å²) in [6.07, 6.45) is -0.317. The van der Waals surface area contributed by atoms with Crippen molar-refractivity contribution in [3.63, 3.8) is 0 Å². The predicted octanol–water partition coefficient (Wildman–Crippen LogP) is 3.04. The molecule has 6 nitrogen and oxygen atoms in total. The predicted molar refractivity (Wildman–Crippen MR) is 101 cm³/mol. The first-order valence-corrected chi connectivity index (χ1v) is 9.40. The summed E-state index contributed by atoms with van der Waals surface area (Å²) < 4.78 is 11.6. The molecule has 0 saturated carbocycles. The quantitative estimate of drug-likeness (QED) is 0.657. The van der Waals surface area contributed by atoms with Crippen LogP contribution in [0.15, 0.2) is 36.4 Å². The summed E-state index contributed by atoms with van der Waals surface area (Å²) in [5, 5.41) is 3.39. The molecule has 142 valence electrons. The first-order chi connectivity index (χ1) is 13.5. The van der Waals surface area contributed by atoms with Gasteiger partial charge in [0.2, 0.25) is 0 Å². The molecule has 2 aromatic carbocycles. The van der Waals surface area contributed by atoms with Crippen molar-refractivity contribution in [2.24, 2.45) is 0 Å². The van der Waals surface area contributed by atoms with Crippen LogP contribution in [0.4, 0.5) is 5.69 Å². The summed E-state index contributed by atoms with van der Waals surface area (Å²) in [6.45, 7) is 3.25. The Morgan fingerprint density at radius 1 is 1.07 bits per heavy atom. The molecular weight excluding hydrogens is 358 g/mol. The van der Waals surface area contributed by atoms with E-state index in [0.29, 0.717) is 34.4 Å². The Labute approximate surface area is 161 Å². The number of ketones is 2. The van der Waals surface area contributed by atoms with E-state index < -0.39 is 6.10 Å². The van der Waals surface area contributed by atoms with E-state index in [1.165, 1.54) is 6.92 Å². The maximum atomic E-state index is 13.3. The van der Waals surface area contributed by atoms with E-state index >= 15 is 0 Å². The van der Waals surface area contributed by atoms with Gasteiger partial charge in [-0.1, -0.05) is 30.3 Å². The minimum Gasteiger partial charge on any atom is -0.458 e. The molecule has 0 spiro atoms. The Hall–Kier alpha value is -2.99. The molecule has 2 aromatic rings. The van der Waals surface area contributed by atoms with E-state index in [4.69, 9.17) is 9.47 Å². The van der Waals surface area contributed by atoms with E-state index in [2.05, 4.69) is 5.32 Å². The highest BCUT2D eigenvalue weighted by Gasteiger charge is 2.45. The maximum Gasteiger partial charge on any atom is 0.303 e. The van der Waals surface area contributed by atoms with Gasteiger partial charge >= 0.3 is 5.97 Å². The molecule has 2 bridgehead atoms. The minimum atomic E-state index is -0.459. The molecule has 4 atom stereocenters. The number of benzene rings is 2. The molecule has 0 amide bonds. The number of rotatable bonds is 1. The van der Waals surface area contributed by atoms with E-state index in [-0.39, 0.29) is 35.8 Å². The van der Waals surface area contributed by atoms with Gasteiger partial charge in [-0.15, -0.1) is 0 Å². The highest BCUT2D eigenvalue weighted by Crippen LogP contribution is 2.46. The lowest BCUT2D eigenvalue weighted by atomic mass is 9.78. The van der Waals surface area contributed by atoms with Crippen LogP contribution in [0.3, 0.4) is 0 Å². The lowest BCUT2D eigenvalue weighted by molar-refractivity contribution is -0.170. The number of hydrogen-bond acceptors (Lipinski definition) is 6. The second-order valence-corrected chi connectivity index (χ2v) is 7.55. The Kier molecular flexibility index (Phi) is 3.67. The smallest absolute Gasteiger partial charge is 0.303 e. The van der Waals surface area contributed by atoms with Crippen LogP contribution >= 0.6 is 0 Å². The van der Waals surface area contributed by atoms with Crippen LogP contribution in [-0.2, 0) is 14.3 Å². The summed E-state index contributed by atoms with van der Waals surface area (Å²) in [4.78, 5) is 37.7. The number of anilines is 1. The highest BCUT2D eigenvalue weighted by molar-refractivity contribution is 6.30. The summed E-state index contributed by atoms with van der Waals surface area (Å²) >= 11 is 0. The van der Waals surface area contributed by atoms with Gasteiger partial charge in [0.1, 0.15) is 6.10 Å². The van der Waals surface area contributed by atoms with E-state index in [1.807, 2.05) is 13.0 Å². The second-order valence-electron chi connectivity index (χ2n) is 7.55. The van der Waals surface area contributed by atoms with Crippen molar-refractivity contribution in [1.29, 1.82) is 0 Å². The van der Waals surface area contributed by atoms with Gasteiger partial charge in [-0.25, -0.2) is 0 Å². The van der Waals surface area contributed by atoms with Crippen molar-refractivity contribution in [1.82, 2.24) is 0 Å². The molecule has 28 heavy (non-hydrogen) atoms. The molecule has 1 N–H and O–H groups in total. The van der Waals surface area contributed by atoms with Gasteiger partial charge < -0.3 is 14.8 Å². The van der Waals surface area contributed by atoms with Crippen LogP contribution < -0.4 is 5.32 Å². The largest absolute Gasteiger partial charge is 0.458 e. The number of ether oxygens (including phenoxy) is 2. The zero-order chi connectivity index (χ0) is 19.6. The van der Waals surface area contributed by atoms with Crippen molar-refractivity contribution in [3.05, 3.63) is 64.2 Å². The zero-order valence-corrected chi connectivity index (χ0v) is 15.5. The normalized spacial score (nSPS) is 27.2. The van der Waals surface area contributed by atoms with E-state index in [9.17, 15) is 14.4 Å². The summed E-state index contributed by atoms with van der Waals surface area (Å²) in [5.74, 6) is -0.704. The van der Waals surface area contributed by atoms with Gasteiger partial charge in [-0.3, -0.25) is 14.4 Å². The molecule has 1 saturated heterocycles. The third-order valence-electron chi connectivity index (χ3n) is 5.81. The highest BCUT2D eigenvalue weighted by atomic mass is 16.6. The molecular formula is C22H19NO5. The standard InChI is InChI=1S/C22H19NO5/c1-10-22(28-11(2)24)16-9-17(27-10)14-7-8-15-18(19(14)23-16)21(26)13-6-4-3-5-12(13)20(15)25/h3-8,10,16-17,22-23H,9H2,1-2H3. The molecule has 1 aliphatic carbocycles. The fourth-order valence-corrected chi connectivity index (χ4v) is 4.61. The Morgan fingerprint density at radius 3 is 2.50 bits per heavy atom. The molecule has 1 fully saturated rings. The number of esters is 1. The topological polar surface area (TPSA) is 81.7 Å².